The zero-order valence-electron chi connectivity index (χ0n) is 19.1. The van der Waals surface area contributed by atoms with E-state index in [9.17, 15) is 9.59 Å². The molecule has 3 heterocycles. The number of carbonyl (C=O) groups excluding carboxylic acids is 2. The molecule has 0 bridgehead atoms. The van der Waals surface area contributed by atoms with Crippen LogP contribution in [0.5, 0.6) is 0 Å². The summed E-state index contributed by atoms with van der Waals surface area (Å²) in [5.41, 5.74) is 4.60. The molecule has 2 amide bonds. The zero-order valence-corrected chi connectivity index (χ0v) is 19.9. The summed E-state index contributed by atoms with van der Waals surface area (Å²) in [5.74, 6) is -0.105. The third-order valence-corrected chi connectivity index (χ3v) is 7.74. The molecule has 2 aromatic carbocycles. The standard InChI is InChI=1S/C24H23N5O2S.CH2O2/c1-25-21(30)15-4-2-14(3-5-15)18-11-29-19-7-6-16(8-20(19)32-23(29)28-18)22(31)27-17-9-24(10-17)12-26-13-24;2-1-3/h2-8,11,17,26H,9-10,12-13H2,1H3,(H,25,30)(H,27,31);1H,(H,2,3). The van der Waals surface area contributed by atoms with Crippen LogP contribution in [0.3, 0.4) is 0 Å². The van der Waals surface area contributed by atoms with E-state index in [1.165, 1.54) is 0 Å². The van der Waals surface area contributed by atoms with Crippen molar-refractivity contribution in [3.8, 4) is 11.3 Å². The molecule has 1 aliphatic heterocycles. The Hall–Kier alpha value is -3.76. The van der Waals surface area contributed by atoms with E-state index in [0.717, 1.165) is 52.4 Å². The molecule has 9 nitrogen and oxygen atoms in total. The van der Waals surface area contributed by atoms with Crippen LogP contribution in [-0.4, -0.2) is 59.0 Å². The number of hydrogen-bond acceptors (Lipinski definition) is 6. The molecule has 2 aliphatic rings. The molecule has 0 atom stereocenters. The molecule has 1 saturated heterocycles. The Kier molecular flexibility index (Phi) is 6.00. The Morgan fingerprint density at radius 3 is 2.46 bits per heavy atom. The molecule has 4 aromatic rings. The Morgan fingerprint density at radius 2 is 1.83 bits per heavy atom. The van der Waals surface area contributed by atoms with Gasteiger partial charge in [0.25, 0.3) is 18.3 Å². The van der Waals surface area contributed by atoms with E-state index >= 15 is 0 Å². The normalized spacial score (nSPS) is 16.1. The third kappa shape index (κ3) is 4.26. The second-order valence-electron chi connectivity index (χ2n) is 9.01. The highest BCUT2D eigenvalue weighted by atomic mass is 32.1. The van der Waals surface area contributed by atoms with E-state index in [1.807, 2.05) is 36.5 Å². The highest BCUT2D eigenvalue weighted by molar-refractivity contribution is 7.23. The molecule has 6 rings (SSSR count). The average Bonchev–Trinajstić information content (AvgIpc) is 3.37. The van der Waals surface area contributed by atoms with Crippen molar-refractivity contribution in [1.29, 1.82) is 0 Å². The summed E-state index contributed by atoms with van der Waals surface area (Å²) in [5, 5.41) is 16.0. The summed E-state index contributed by atoms with van der Waals surface area (Å²) in [6, 6.07) is 13.6. The van der Waals surface area contributed by atoms with Gasteiger partial charge in [-0.15, -0.1) is 0 Å². The second-order valence-corrected chi connectivity index (χ2v) is 10.0. The first kappa shape index (κ1) is 23.0. The van der Waals surface area contributed by atoms with Crippen LogP contribution in [0.25, 0.3) is 26.4 Å². The van der Waals surface area contributed by atoms with Crippen LogP contribution in [0.15, 0.2) is 48.7 Å². The number of benzene rings is 2. The lowest BCUT2D eigenvalue weighted by molar-refractivity contribution is -0.122. The van der Waals surface area contributed by atoms with Crippen LogP contribution in [0, 0.1) is 5.41 Å². The molecule has 10 heteroatoms. The minimum atomic E-state index is -0.250. The SMILES string of the molecule is CNC(=O)c1ccc(-c2cn3c(n2)sc2cc(C(=O)NC4CC5(CNC5)C4)ccc23)cc1.O=CO. The van der Waals surface area contributed by atoms with Gasteiger partial charge in [-0.1, -0.05) is 23.5 Å². The zero-order chi connectivity index (χ0) is 24.6. The van der Waals surface area contributed by atoms with Crippen molar-refractivity contribution >= 4 is 44.8 Å². The summed E-state index contributed by atoms with van der Waals surface area (Å²) in [4.78, 5) is 38.5. The van der Waals surface area contributed by atoms with Gasteiger partial charge in [0.15, 0.2) is 4.96 Å². The fourth-order valence-corrected chi connectivity index (χ4v) is 5.89. The molecule has 2 fully saturated rings. The van der Waals surface area contributed by atoms with Crippen molar-refractivity contribution in [2.45, 2.75) is 18.9 Å². The third-order valence-electron chi connectivity index (χ3n) is 6.72. The highest BCUT2D eigenvalue weighted by Gasteiger charge is 2.48. The van der Waals surface area contributed by atoms with Crippen molar-refractivity contribution < 1.29 is 19.5 Å². The predicted molar refractivity (Wildman–Crippen MR) is 134 cm³/mol. The molecule has 35 heavy (non-hydrogen) atoms. The number of hydrogen-bond donors (Lipinski definition) is 4. The first-order valence-electron chi connectivity index (χ1n) is 11.3. The number of imidazole rings is 1. The molecule has 2 aromatic heterocycles. The monoisotopic (exact) mass is 491 g/mol. The van der Waals surface area contributed by atoms with Crippen LogP contribution in [0.1, 0.15) is 33.6 Å². The Balaban J connectivity index is 0.000000806. The van der Waals surface area contributed by atoms with Crippen LogP contribution >= 0.6 is 11.3 Å². The first-order valence-corrected chi connectivity index (χ1v) is 12.1. The van der Waals surface area contributed by atoms with Crippen molar-refractivity contribution in [3.05, 3.63) is 59.8 Å². The van der Waals surface area contributed by atoms with Crippen molar-refractivity contribution in [2.24, 2.45) is 5.41 Å². The quantitative estimate of drug-likeness (QED) is 0.326. The van der Waals surface area contributed by atoms with Gasteiger partial charge < -0.3 is 21.1 Å². The molecule has 0 radical (unpaired) electrons. The minimum absolute atomic E-state index is 0.00182. The van der Waals surface area contributed by atoms with E-state index in [-0.39, 0.29) is 18.3 Å². The first-order chi connectivity index (χ1) is 16.9. The van der Waals surface area contributed by atoms with Crippen LogP contribution in [0.4, 0.5) is 0 Å². The Bertz CT molecular complexity index is 1410. The summed E-state index contributed by atoms with van der Waals surface area (Å²) in [7, 11) is 1.62. The van der Waals surface area contributed by atoms with Gasteiger partial charge in [-0.2, -0.15) is 0 Å². The molecule has 4 N–H and O–H groups in total. The fourth-order valence-electron chi connectivity index (χ4n) is 4.84. The summed E-state index contributed by atoms with van der Waals surface area (Å²) >= 11 is 1.57. The lowest BCUT2D eigenvalue weighted by Gasteiger charge is -2.54. The molecular weight excluding hydrogens is 466 g/mol. The lowest BCUT2D eigenvalue weighted by atomic mass is 9.61. The molecule has 1 saturated carbocycles. The van der Waals surface area contributed by atoms with Crippen LogP contribution in [-0.2, 0) is 4.79 Å². The molecular formula is C25H25N5O4S. The number of nitrogens with one attached hydrogen (secondary N) is 3. The summed E-state index contributed by atoms with van der Waals surface area (Å²) < 4.78 is 3.10. The molecule has 0 unspecified atom stereocenters. The second kappa shape index (κ2) is 9.12. The number of aromatic nitrogens is 2. The van der Waals surface area contributed by atoms with Gasteiger partial charge in [0, 0.05) is 49.1 Å². The average molecular weight is 492 g/mol. The van der Waals surface area contributed by atoms with E-state index in [0.29, 0.717) is 22.6 Å². The summed E-state index contributed by atoms with van der Waals surface area (Å²) in [6.45, 7) is 1.92. The van der Waals surface area contributed by atoms with Crippen LogP contribution < -0.4 is 16.0 Å². The number of nitrogens with zero attached hydrogens (tertiary/aromatic N) is 2. The van der Waals surface area contributed by atoms with Gasteiger partial charge in [-0.05, 0) is 48.6 Å². The maximum Gasteiger partial charge on any atom is 0.290 e. The number of rotatable bonds is 4. The van der Waals surface area contributed by atoms with Gasteiger partial charge in [-0.3, -0.25) is 18.8 Å². The smallest absolute Gasteiger partial charge is 0.290 e. The Labute approximate surface area is 205 Å². The number of thiazole rings is 1. The fraction of sp³-hybridized carbons (Fsp3) is 0.280. The van der Waals surface area contributed by atoms with Gasteiger partial charge in [0.1, 0.15) is 0 Å². The maximum atomic E-state index is 12.7. The highest BCUT2D eigenvalue weighted by Crippen LogP contribution is 2.44. The molecule has 1 aliphatic carbocycles. The van der Waals surface area contributed by atoms with Crippen molar-refractivity contribution in [2.75, 3.05) is 20.1 Å². The van der Waals surface area contributed by atoms with Gasteiger partial charge in [-0.25, -0.2) is 4.98 Å². The van der Waals surface area contributed by atoms with E-state index < -0.39 is 0 Å². The number of carboxylic acid groups (broad SMARTS) is 1. The van der Waals surface area contributed by atoms with Gasteiger partial charge >= 0.3 is 0 Å². The lowest BCUT2D eigenvalue weighted by Crippen LogP contribution is -2.65. The number of fused-ring (bicyclic) bond motifs is 3. The van der Waals surface area contributed by atoms with Gasteiger partial charge in [0.05, 0.1) is 15.9 Å². The number of carbonyl (C=O) groups is 3. The van der Waals surface area contributed by atoms with Crippen molar-refractivity contribution in [1.82, 2.24) is 25.3 Å². The molecule has 1 spiro atoms. The number of amides is 2. The minimum Gasteiger partial charge on any atom is -0.483 e. The molecule has 180 valence electrons. The maximum absolute atomic E-state index is 12.7. The van der Waals surface area contributed by atoms with E-state index in [1.54, 1.807) is 30.5 Å². The largest absolute Gasteiger partial charge is 0.483 e. The van der Waals surface area contributed by atoms with E-state index in [2.05, 4.69) is 20.4 Å². The van der Waals surface area contributed by atoms with Gasteiger partial charge in [0.2, 0.25) is 0 Å². The van der Waals surface area contributed by atoms with E-state index in [4.69, 9.17) is 14.9 Å². The predicted octanol–water partition coefficient (Wildman–Crippen LogP) is 2.76. The Morgan fingerprint density at radius 1 is 1.14 bits per heavy atom. The van der Waals surface area contributed by atoms with Crippen molar-refractivity contribution in [3.63, 3.8) is 0 Å². The summed E-state index contributed by atoms with van der Waals surface area (Å²) in [6.07, 6.45) is 4.16. The topological polar surface area (TPSA) is 125 Å². The van der Waals surface area contributed by atoms with Crippen LogP contribution in [0.2, 0.25) is 0 Å².